The molecule has 7 heteroatoms. The van der Waals surface area contributed by atoms with Crippen LogP contribution in [0.5, 0.6) is 0 Å². The quantitative estimate of drug-likeness (QED) is 0.450. The molecule has 4 aromatic rings. The molecule has 0 bridgehead atoms. The number of imidazole rings is 1. The van der Waals surface area contributed by atoms with Crippen LogP contribution in [0.25, 0.3) is 22.2 Å². The zero-order valence-corrected chi connectivity index (χ0v) is 17.3. The summed E-state index contributed by atoms with van der Waals surface area (Å²) in [6.45, 7) is 4.39. The van der Waals surface area contributed by atoms with E-state index in [1.54, 1.807) is 30.5 Å². The lowest BCUT2D eigenvalue weighted by molar-refractivity contribution is 0.0697. The fraction of sp³-hybridized carbons (Fsp3) is 0.136. The molecule has 0 radical (unpaired) electrons. The molecule has 0 fully saturated rings. The number of fused-ring (bicyclic) bond motifs is 1. The van der Waals surface area contributed by atoms with Crippen molar-refractivity contribution in [2.45, 2.75) is 20.4 Å². The van der Waals surface area contributed by atoms with Crippen LogP contribution in [0.4, 0.5) is 0 Å². The third-order valence-electron chi connectivity index (χ3n) is 4.87. The first-order chi connectivity index (χ1) is 13.8. The first-order valence-electron chi connectivity index (χ1n) is 8.94. The van der Waals surface area contributed by atoms with E-state index >= 15 is 0 Å². The number of aromatic nitrogens is 3. The van der Waals surface area contributed by atoms with E-state index in [9.17, 15) is 9.90 Å². The topological polar surface area (TPSA) is 68.0 Å². The highest BCUT2D eigenvalue weighted by Crippen LogP contribution is 2.30. The van der Waals surface area contributed by atoms with E-state index in [1.807, 2.05) is 32.0 Å². The predicted molar refractivity (Wildman–Crippen MR) is 115 cm³/mol. The van der Waals surface area contributed by atoms with Gasteiger partial charge < -0.3 is 9.67 Å². The van der Waals surface area contributed by atoms with Gasteiger partial charge in [0.2, 0.25) is 0 Å². The molecule has 0 saturated heterocycles. The summed E-state index contributed by atoms with van der Waals surface area (Å²) in [6.07, 6.45) is 1.57. The van der Waals surface area contributed by atoms with E-state index in [0.29, 0.717) is 22.3 Å². The summed E-state index contributed by atoms with van der Waals surface area (Å²) in [5, 5.41) is 10.3. The summed E-state index contributed by atoms with van der Waals surface area (Å²) in [4.78, 5) is 20.4. The Morgan fingerprint density at radius 2 is 1.90 bits per heavy atom. The number of carboxylic acid groups (broad SMARTS) is 1. The van der Waals surface area contributed by atoms with Crippen molar-refractivity contribution in [3.8, 4) is 11.1 Å². The number of benzene rings is 2. The maximum atomic E-state index is 11.3. The molecule has 5 nitrogen and oxygen atoms in total. The minimum atomic E-state index is -0.950. The fourth-order valence-corrected chi connectivity index (χ4v) is 3.86. The molecule has 4 rings (SSSR count). The molecule has 0 aliphatic rings. The Labute approximate surface area is 177 Å². The van der Waals surface area contributed by atoms with Crippen molar-refractivity contribution in [3.63, 3.8) is 0 Å². The molecular formula is C22H17Cl2N3O2. The molecular weight excluding hydrogens is 409 g/mol. The van der Waals surface area contributed by atoms with Gasteiger partial charge >= 0.3 is 5.97 Å². The number of hydrogen-bond donors (Lipinski definition) is 1. The number of carboxylic acids is 1. The average Bonchev–Trinajstić information content (AvgIpc) is 3.00. The molecule has 0 aliphatic carbocycles. The van der Waals surface area contributed by atoms with Crippen LogP contribution in [0.3, 0.4) is 0 Å². The molecule has 0 spiro atoms. The van der Waals surface area contributed by atoms with Gasteiger partial charge in [0.1, 0.15) is 5.82 Å². The second-order valence-corrected chi connectivity index (χ2v) is 7.72. The number of nitrogens with zero attached hydrogens (tertiary/aromatic N) is 3. The zero-order valence-electron chi connectivity index (χ0n) is 15.8. The Balaban J connectivity index is 1.85. The molecule has 0 saturated carbocycles. The normalized spacial score (nSPS) is 11.2. The third-order valence-corrected chi connectivity index (χ3v) is 5.40. The minimum Gasteiger partial charge on any atom is -0.478 e. The second kappa shape index (κ2) is 7.50. The number of aromatic carboxylic acids is 1. The smallest absolute Gasteiger partial charge is 0.335 e. The largest absolute Gasteiger partial charge is 0.478 e. The van der Waals surface area contributed by atoms with Crippen LogP contribution in [0, 0.1) is 13.8 Å². The highest BCUT2D eigenvalue weighted by Gasteiger charge is 2.15. The highest BCUT2D eigenvalue weighted by atomic mass is 35.5. The van der Waals surface area contributed by atoms with Crippen molar-refractivity contribution < 1.29 is 9.90 Å². The van der Waals surface area contributed by atoms with Gasteiger partial charge in [-0.1, -0.05) is 35.3 Å². The Bertz CT molecular complexity index is 1260. The van der Waals surface area contributed by atoms with Crippen molar-refractivity contribution in [2.75, 3.05) is 0 Å². The monoisotopic (exact) mass is 425 g/mol. The van der Waals surface area contributed by atoms with Gasteiger partial charge in [-0.2, -0.15) is 0 Å². The van der Waals surface area contributed by atoms with Crippen molar-refractivity contribution >= 4 is 40.2 Å². The molecule has 0 atom stereocenters. The zero-order chi connectivity index (χ0) is 20.7. The lowest BCUT2D eigenvalue weighted by atomic mass is 10.0. The second-order valence-electron chi connectivity index (χ2n) is 6.87. The number of rotatable bonds is 4. The van der Waals surface area contributed by atoms with Crippen LogP contribution >= 0.6 is 23.2 Å². The summed E-state index contributed by atoms with van der Waals surface area (Å²) >= 11 is 12.3. The van der Waals surface area contributed by atoms with Gasteiger partial charge in [0.15, 0.2) is 0 Å². The van der Waals surface area contributed by atoms with E-state index in [2.05, 4.69) is 9.55 Å². The van der Waals surface area contributed by atoms with Crippen LogP contribution in [-0.4, -0.2) is 25.6 Å². The number of halogens is 2. The van der Waals surface area contributed by atoms with Gasteiger partial charge in [0, 0.05) is 6.20 Å². The maximum absolute atomic E-state index is 11.3. The summed E-state index contributed by atoms with van der Waals surface area (Å²) in [7, 11) is 0. The number of carbonyl (C=O) groups is 1. The Morgan fingerprint density at radius 3 is 2.62 bits per heavy atom. The van der Waals surface area contributed by atoms with Crippen LogP contribution < -0.4 is 0 Å². The van der Waals surface area contributed by atoms with Crippen LogP contribution in [-0.2, 0) is 6.54 Å². The Kier molecular flexibility index (Phi) is 5.03. The molecule has 146 valence electrons. The van der Waals surface area contributed by atoms with Gasteiger partial charge in [0.05, 0.1) is 38.9 Å². The van der Waals surface area contributed by atoms with Crippen LogP contribution in [0.1, 0.15) is 27.4 Å². The number of hydrogen-bond acceptors (Lipinski definition) is 3. The maximum Gasteiger partial charge on any atom is 0.335 e. The van der Waals surface area contributed by atoms with Gasteiger partial charge in [0.25, 0.3) is 0 Å². The van der Waals surface area contributed by atoms with E-state index < -0.39 is 5.97 Å². The third kappa shape index (κ3) is 3.71. The predicted octanol–water partition coefficient (Wildman–Crippen LogP) is 5.77. The van der Waals surface area contributed by atoms with Crippen molar-refractivity contribution in [1.29, 1.82) is 0 Å². The summed E-state index contributed by atoms with van der Waals surface area (Å²) < 4.78 is 2.05. The first-order valence-corrected chi connectivity index (χ1v) is 9.70. The van der Waals surface area contributed by atoms with E-state index in [0.717, 1.165) is 33.5 Å². The van der Waals surface area contributed by atoms with Gasteiger partial charge in [-0.25, -0.2) is 9.78 Å². The van der Waals surface area contributed by atoms with Crippen LogP contribution in [0.15, 0.2) is 48.7 Å². The highest BCUT2D eigenvalue weighted by molar-refractivity contribution is 6.34. The molecule has 2 heterocycles. The Morgan fingerprint density at radius 1 is 1.10 bits per heavy atom. The Hall–Kier alpha value is -2.89. The van der Waals surface area contributed by atoms with Crippen molar-refractivity contribution in [3.05, 3.63) is 81.4 Å². The molecule has 2 aromatic heterocycles. The SMILES string of the molecule is Cc1cc(-c2cccc(C(=O)O)c2)cc2c1nc(C)n2Cc1ncc(Cl)cc1Cl. The molecule has 1 N–H and O–H groups in total. The van der Waals surface area contributed by atoms with Gasteiger partial charge in [-0.15, -0.1) is 0 Å². The molecule has 2 aromatic carbocycles. The lowest BCUT2D eigenvalue weighted by Crippen LogP contribution is -2.04. The van der Waals surface area contributed by atoms with E-state index in [4.69, 9.17) is 28.2 Å². The van der Waals surface area contributed by atoms with Gasteiger partial charge in [-0.3, -0.25) is 4.98 Å². The summed E-state index contributed by atoms with van der Waals surface area (Å²) in [5.74, 6) is -0.110. The lowest BCUT2D eigenvalue weighted by Gasteiger charge is -2.10. The molecule has 0 aliphatic heterocycles. The summed E-state index contributed by atoms with van der Waals surface area (Å²) in [6, 6.07) is 12.6. The minimum absolute atomic E-state index is 0.252. The number of aryl methyl sites for hydroxylation is 2. The van der Waals surface area contributed by atoms with E-state index in [-0.39, 0.29) is 5.56 Å². The standard InChI is InChI=1S/C22H17Cl2N3O2/c1-12-6-16(14-4-3-5-15(7-14)22(28)29)8-20-21(12)26-13(2)27(20)11-19-18(24)9-17(23)10-25-19/h3-10H,11H2,1-2H3,(H,28,29). The molecule has 0 unspecified atom stereocenters. The molecule has 0 amide bonds. The van der Waals surface area contributed by atoms with Crippen LogP contribution in [0.2, 0.25) is 10.0 Å². The fourth-order valence-electron chi connectivity index (χ4n) is 3.42. The summed E-state index contributed by atoms with van der Waals surface area (Å²) in [5.41, 5.74) is 5.56. The van der Waals surface area contributed by atoms with Crippen molar-refractivity contribution in [2.24, 2.45) is 0 Å². The first kappa shape index (κ1) is 19.4. The molecule has 29 heavy (non-hydrogen) atoms. The van der Waals surface area contributed by atoms with Gasteiger partial charge in [-0.05, 0) is 60.9 Å². The van der Waals surface area contributed by atoms with E-state index in [1.165, 1.54) is 0 Å². The van der Waals surface area contributed by atoms with Crippen molar-refractivity contribution in [1.82, 2.24) is 14.5 Å². The number of pyridine rings is 1. The average molecular weight is 426 g/mol.